The van der Waals surface area contributed by atoms with Crippen LogP contribution in [-0.4, -0.2) is 53.2 Å². The number of fused-ring (bicyclic) bond motifs is 3. The summed E-state index contributed by atoms with van der Waals surface area (Å²) < 4.78 is 5.73. The molecular formula is C28H34N2O5. The molecule has 0 spiro atoms. The quantitative estimate of drug-likeness (QED) is 0.484. The van der Waals surface area contributed by atoms with Gasteiger partial charge in [0.05, 0.1) is 12.0 Å². The average Bonchev–Trinajstić information content (AvgIpc) is 3.64. The first-order valence-electron chi connectivity index (χ1n) is 12.4. The normalized spacial score (nSPS) is 16.1. The van der Waals surface area contributed by atoms with Crippen molar-refractivity contribution >= 4 is 18.0 Å². The van der Waals surface area contributed by atoms with Crippen LogP contribution in [0.15, 0.2) is 48.5 Å². The number of amides is 2. The molecule has 2 aliphatic rings. The first-order chi connectivity index (χ1) is 16.8. The van der Waals surface area contributed by atoms with E-state index in [-0.39, 0.29) is 37.2 Å². The van der Waals surface area contributed by atoms with Crippen molar-refractivity contribution in [3.63, 3.8) is 0 Å². The Kier molecular flexibility index (Phi) is 7.43. The predicted molar refractivity (Wildman–Crippen MR) is 133 cm³/mol. The van der Waals surface area contributed by atoms with E-state index >= 15 is 0 Å². The third-order valence-electron chi connectivity index (χ3n) is 7.28. The number of carboxylic acid groups (broad SMARTS) is 1. The van der Waals surface area contributed by atoms with E-state index < -0.39 is 17.6 Å². The van der Waals surface area contributed by atoms with Crippen LogP contribution in [0.1, 0.15) is 63.0 Å². The molecule has 0 radical (unpaired) electrons. The number of benzene rings is 2. The molecule has 2 aromatic rings. The molecule has 0 aliphatic heterocycles. The highest BCUT2D eigenvalue weighted by Crippen LogP contribution is 2.45. The largest absolute Gasteiger partial charge is 0.481 e. The van der Waals surface area contributed by atoms with Gasteiger partial charge in [0.15, 0.2) is 0 Å². The van der Waals surface area contributed by atoms with Crippen molar-refractivity contribution in [3.8, 4) is 11.1 Å². The number of rotatable bonds is 11. The van der Waals surface area contributed by atoms with Crippen molar-refractivity contribution in [2.75, 3.05) is 19.7 Å². The zero-order chi connectivity index (χ0) is 25.0. The zero-order valence-electron chi connectivity index (χ0n) is 20.5. The Hall–Kier alpha value is -3.35. The number of alkyl carbamates (subject to hydrolysis) is 1. The van der Waals surface area contributed by atoms with Crippen LogP contribution >= 0.6 is 0 Å². The molecular weight excluding hydrogens is 444 g/mol. The number of aliphatic carboxylic acids is 1. The lowest BCUT2D eigenvalue weighted by molar-refractivity contribution is -0.138. The molecule has 0 bridgehead atoms. The molecule has 2 aliphatic carbocycles. The minimum atomic E-state index is -0.867. The first kappa shape index (κ1) is 24.8. The fourth-order valence-electron chi connectivity index (χ4n) is 5.18. The molecule has 1 saturated carbocycles. The molecule has 0 heterocycles. The van der Waals surface area contributed by atoms with Gasteiger partial charge in [-0.05, 0) is 61.3 Å². The maximum Gasteiger partial charge on any atom is 0.407 e. The van der Waals surface area contributed by atoms with E-state index in [0.29, 0.717) is 19.5 Å². The predicted octanol–water partition coefficient (Wildman–Crippen LogP) is 4.80. The SMILES string of the molecule is CCN(CCCC(=O)O)C(=O)CC(C)(NC(=O)OCC1c2ccccc2-c2ccccc21)C1CC1. The maximum atomic E-state index is 13.0. The molecule has 2 amide bonds. The van der Waals surface area contributed by atoms with Crippen molar-refractivity contribution in [1.82, 2.24) is 10.2 Å². The average molecular weight is 479 g/mol. The van der Waals surface area contributed by atoms with Crippen molar-refractivity contribution in [2.24, 2.45) is 5.92 Å². The minimum absolute atomic E-state index is 0.0215. The van der Waals surface area contributed by atoms with Crippen LogP contribution in [0.5, 0.6) is 0 Å². The van der Waals surface area contributed by atoms with Gasteiger partial charge in [0.25, 0.3) is 0 Å². The van der Waals surface area contributed by atoms with E-state index in [1.165, 1.54) is 11.1 Å². The highest BCUT2D eigenvalue weighted by atomic mass is 16.5. The van der Waals surface area contributed by atoms with Gasteiger partial charge < -0.3 is 20.1 Å². The zero-order valence-corrected chi connectivity index (χ0v) is 20.5. The van der Waals surface area contributed by atoms with Crippen LogP contribution in [0.2, 0.25) is 0 Å². The Morgan fingerprint density at radius 3 is 2.20 bits per heavy atom. The summed E-state index contributed by atoms with van der Waals surface area (Å²) in [4.78, 5) is 38.4. The van der Waals surface area contributed by atoms with Crippen LogP contribution in [0.4, 0.5) is 4.79 Å². The minimum Gasteiger partial charge on any atom is -0.481 e. The van der Waals surface area contributed by atoms with Crippen LogP contribution in [0, 0.1) is 5.92 Å². The summed E-state index contributed by atoms with van der Waals surface area (Å²) in [6.07, 6.45) is 2.01. The van der Waals surface area contributed by atoms with Gasteiger partial charge in [0.1, 0.15) is 6.61 Å². The summed E-state index contributed by atoms with van der Waals surface area (Å²) >= 11 is 0. The number of carbonyl (C=O) groups is 3. The Morgan fingerprint density at radius 2 is 1.66 bits per heavy atom. The topological polar surface area (TPSA) is 95.9 Å². The third kappa shape index (κ3) is 5.66. The van der Waals surface area contributed by atoms with E-state index in [1.54, 1.807) is 4.90 Å². The number of nitrogens with zero attached hydrogens (tertiary/aromatic N) is 1. The van der Waals surface area contributed by atoms with Gasteiger partial charge in [0.2, 0.25) is 5.91 Å². The van der Waals surface area contributed by atoms with E-state index in [0.717, 1.165) is 24.0 Å². The molecule has 7 nitrogen and oxygen atoms in total. The molecule has 2 aromatic carbocycles. The maximum absolute atomic E-state index is 13.0. The van der Waals surface area contributed by atoms with E-state index in [2.05, 4.69) is 29.6 Å². The number of carboxylic acids is 1. The Bertz CT molecular complexity index is 1050. The van der Waals surface area contributed by atoms with Crippen LogP contribution in [0.3, 0.4) is 0 Å². The molecule has 0 saturated heterocycles. The molecule has 7 heteroatoms. The fraction of sp³-hybridized carbons (Fsp3) is 0.464. The third-order valence-corrected chi connectivity index (χ3v) is 7.28. The second-order valence-electron chi connectivity index (χ2n) is 9.79. The lowest BCUT2D eigenvalue weighted by atomic mass is 9.91. The Balaban J connectivity index is 1.38. The second-order valence-corrected chi connectivity index (χ2v) is 9.79. The van der Waals surface area contributed by atoms with Crippen molar-refractivity contribution < 1.29 is 24.2 Å². The van der Waals surface area contributed by atoms with Gasteiger partial charge >= 0.3 is 12.1 Å². The molecule has 186 valence electrons. The van der Waals surface area contributed by atoms with Gasteiger partial charge in [-0.15, -0.1) is 0 Å². The summed E-state index contributed by atoms with van der Waals surface area (Å²) in [5.74, 6) is -0.740. The lowest BCUT2D eigenvalue weighted by Gasteiger charge is -2.33. The summed E-state index contributed by atoms with van der Waals surface area (Å²) in [5, 5.41) is 11.9. The number of nitrogens with one attached hydrogen (secondary N) is 1. The standard InChI is InChI=1S/C28H34N2O5/c1-3-30(16-8-13-26(32)33)25(31)17-28(2,19-14-15-19)29-27(34)35-18-24-22-11-6-4-9-20(22)21-10-5-7-12-23(21)24/h4-7,9-12,19,24H,3,8,13-18H2,1-2H3,(H,29,34)(H,32,33). The van der Waals surface area contributed by atoms with E-state index in [4.69, 9.17) is 9.84 Å². The van der Waals surface area contributed by atoms with Gasteiger partial charge in [-0.1, -0.05) is 48.5 Å². The number of carbonyl (C=O) groups excluding carboxylic acids is 2. The molecule has 0 aromatic heterocycles. The summed E-state index contributed by atoms with van der Waals surface area (Å²) in [5.41, 5.74) is 3.96. The number of ether oxygens (including phenoxy) is 1. The highest BCUT2D eigenvalue weighted by molar-refractivity contribution is 5.80. The lowest BCUT2D eigenvalue weighted by Crippen LogP contribution is -2.51. The number of hydrogen-bond acceptors (Lipinski definition) is 4. The summed E-state index contributed by atoms with van der Waals surface area (Å²) in [6.45, 7) is 4.92. The van der Waals surface area contributed by atoms with E-state index in [1.807, 2.05) is 38.1 Å². The van der Waals surface area contributed by atoms with Crippen LogP contribution in [0.25, 0.3) is 11.1 Å². The van der Waals surface area contributed by atoms with Crippen molar-refractivity contribution in [1.29, 1.82) is 0 Å². The van der Waals surface area contributed by atoms with Crippen molar-refractivity contribution in [2.45, 2.75) is 57.4 Å². The Labute approximate surface area is 206 Å². The van der Waals surface area contributed by atoms with Crippen LogP contribution < -0.4 is 5.32 Å². The molecule has 2 N–H and O–H groups in total. The Morgan fingerprint density at radius 1 is 1.06 bits per heavy atom. The fourth-order valence-corrected chi connectivity index (χ4v) is 5.18. The first-order valence-corrected chi connectivity index (χ1v) is 12.4. The van der Waals surface area contributed by atoms with Gasteiger partial charge in [0, 0.05) is 25.4 Å². The van der Waals surface area contributed by atoms with Crippen LogP contribution in [-0.2, 0) is 14.3 Å². The summed E-state index contributed by atoms with van der Waals surface area (Å²) in [7, 11) is 0. The van der Waals surface area contributed by atoms with Gasteiger partial charge in [-0.2, -0.15) is 0 Å². The van der Waals surface area contributed by atoms with Gasteiger partial charge in [-0.25, -0.2) is 4.79 Å². The molecule has 1 fully saturated rings. The molecule has 1 atom stereocenters. The highest BCUT2D eigenvalue weighted by Gasteiger charge is 2.45. The number of hydrogen-bond donors (Lipinski definition) is 2. The molecule has 4 rings (SSSR count). The smallest absolute Gasteiger partial charge is 0.407 e. The monoisotopic (exact) mass is 478 g/mol. The van der Waals surface area contributed by atoms with Gasteiger partial charge in [-0.3, -0.25) is 9.59 Å². The summed E-state index contributed by atoms with van der Waals surface area (Å²) in [6, 6.07) is 16.4. The second kappa shape index (κ2) is 10.5. The molecule has 35 heavy (non-hydrogen) atoms. The van der Waals surface area contributed by atoms with E-state index in [9.17, 15) is 14.4 Å². The molecule has 1 unspecified atom stereocenters. The van der Waals surface area contributed by atoms with Crippen molar-refractivity contribution in [3.05, 3.63) is 59.7 Å².